The molecule has 0 aromatic heterocycles. The molecule has 2 aromatic rings. The minimum atomic E-state index is -0.247. The minimum Gasteiger partial charge on any atom is -0.388 e. The van der Waals surface area contributed by atoms with Crippen LogP contribution in [-0.4, -0.2) is 34.6 Å². The van der Waals surface area contributed by atoms with Crippen LogP contribution in [0.4, 0.5) is 5.69 Å². The van der Waals surface area contributed by atoms with E-state index in [4.69, 9.17) is 33.5 Å². The van der Waals surface area contributed by atoms with Crippen LogP contribution < -0.4 is 5.32 Å². The molecule has 0 atom stereocenters. The standard InChI is InChI=1S/C20H20ClN3O2S/c21-16-8-6-15(7-9-16)18-14-20(26-23-18)10-12-24(13-11-20)25-19(27)22-17-4-2-1-3-5-17/h1-9H,10-14H2,(H,22,27). The van der Waals surface area contributed by atoms with Gasteiger partial charge in [-0.25, -0.2) is 0 Å². The second kappa shape index (κ2) is 7.84. The fourth-order valence-electron chi connectivity index (χ4n) is 3.35. The fraction of sp³-hybridized carbons (Fsp3) is 0.300. The van der Waals surface area contributed by atoms with E-state index in [2.05, 4.69) is 10.5 Å². The van der Waals surface area contributed by atoms with Crippen molar-refractivity contribution in [3.63, 3.8) is 0 Å². The van der Waals surface area contributed by atoms with Crippen molar-refractivity contribution < 1.29 is 9.68 Å². The van der Waals surface area contributed by atoms with E-state index in [-0.39, 0.29) is 5.60 Å². The Morgan fingerprint density at radius 2 is 1.81 bits per heavy atom. The number of halogens is 1. The Kier molecular flexibility index (Phi) is 5.29. The third-order valence-corrected chi connectivity index (χ3v) is 5.31. The largest absolute Gasteiger partial charge is 0.388 e. The monoisotopic (exact) mass is 401 g/mol. The molecule has 27 heavy (non-hydrogen) atoms. The SMILES string of the molecule is S=C(Nc1ccccc1)ON1CCC2(CC1)CC(c1ccc(Cl)cc1)=NO2. The van der Waals surface area contributed by atoms with Crippen LogP contribution in [0.2, 0.25) is 5.02 Å². The number of oxime groups is 1. The molecule has 2 heterocycles. The summed E-state index contributed by atoms with van der Waals surface area (Å²) in [4.78, 5) is 11.6. The van der Waals surface area contributed by atoms with Crippen molar-refractivity contribution in [3.8, 4) is 0 Å². The molecule has 2 aromatic carbocycles. The first-order valence-corrected chi connectivity index (χ1v) is 9.71. The molecule has 1 saturated heterocycles. The second-order valence-corrected chi connectivity index (χ2v) is 7.60. The first-order valence-electron chi connectivity index (χ1n) is 8.92. The van der Waals surface area contributed by atoms with Gasteiger partial charge in [0.1, 0.15) is 5.60 Å². The Bertz CT molecular complexity index is 834. The van der Waals surface area contributed by atoms with Gasteiger partial charge < -0.3 is 15.0 Å². The van der Waals surface area contributed by atoms with Gasteiger partial charge in [-0.3, -0.25) is 0 Å². The number of anilines is 1. The Morgan fingerprint density at radius 1 is 1.11 bits per heavy atom. The van der Waals surface area contributed by atoms with Crippen LogP contribution in [0.25, 0.3) is 0 Å². The van der Waals surface area contributed by atoms with Crippen LogP contribution in [0.1, 0.15) is 24.8 Å². The van der Waals surface area contributed by atoms with Crippen LogP contribution >= 0.6 is 23.8 Å². The molecular weight excluding hydrogens is 382 g/mol. The molecule has 0 radical (unpaired) electrons. The summed E-state index contributed by atoms with van der Waals surface area (Å²) in [5, 5.41) is 10.4. The third kappa shape index (κ3) is 4.40. The lowest BCUT2D eigenvalue weighted by atomic mass is 9.86. The lowest BCUT2D eigenvalue weighted by molar-refractivity contribution is -0.143. The smallest absolute Gasteiger partial charge is 0.283 e. The van der Waals surface area contributed by atoms with E-state index in [1.165, 1.54) is 0 Å². The zero-order valence-electron chi connectivity index (χ0n) is 14.7. The van der Waals surface area contributed by atoms with E-state index in [9.17, 15) is 0 Å². The van der Waals surface area contributed by atoms with Gasteiger partial charge in [0.15, 0.2) is 0 Å². The average molecular weight is 402 g/mol. The van der Waals surface area contributed by atoms with E-state index in [1.807, 2.05) is 59.7 Å². The summed E-state index contributed by atoms with van der Waals surface area (Å²) in [7, 11) is 0. The Labute approximate surface area is 168 Å². The molecule has 0 aliphatic carbocycles. The molecule has 0 saturated carbocycles. The predicted octanol–water partition coefficient (Wildman–Crippen LogP) is 4.63. The molecule has 2 aliphatic rings. The highest BCUT2D eigenvalue weighted by Crippen LogP contribution is 2.36. The summed E-state index contributed by atoms with van der Waals surface area (Å²) < 4.78 is 0. The van der Waals surface area contributed by atoms with E-state index >= 15 is 0 Å². The van der Waals surface area contributed by atoms with Crippen LogP contribution in [0.15, 0.2) is 59.8 Å². The summed E-state index contributed by atoms with van der Waals surface area (Å²) in [5.41, 5.74) is 2.70. The molecule has 7 heteroatoms. The molecule has 0 bridgehead atoms. The van der Waals surface area contributed by atoms with Gasteiger partial charge in [0.25, 0.3) is 5.17 Å². The van der Waals surface area contributed by atoms with E-state index < -0.39 is 0 Å². The van der Waals surface area contributed by atoms with Crippen molar-refractivity contribution in [2.75, 3.05) is 18.4 Å². The number of para-hydroxylation sites is 1. The van der Waals surface area contributed by atoms with Crippen LogP contribution in [0.5, 0.6) is 0 Å². The Hall–Kier alpha value is -2.15. The van der Waals surface area contributed by atoms with Gasteiger partial charge in [-0.05, 0) is 42.0 Å². The van der Waals surface area contributed by atoms with Crippen molar-refractivity contribution in [1.82, 2.24) is 5.06 Å². The second-order valence-electron chi connectivity index (χ2n) is 6.79. The molecule has 1 fully saturated rings. The van der Waals surface area contributed by atoms with Crippen LogP contribution in [0, 0.1) is 0 Å². The van der Waals surface area contributed by atoms with Gasteiger partial charge in [0, 0.05) is 43.1 Å². The maximum absolute atomic E-state index is 5.96. The molecule has 0 unspecified atom stereocenters. The summed E-state index contributed by atoms with van der Waals surface area (Å²) in [6, 6.07) is 17.5. The van der Waals surface area contributed by atoms with E-state index in [1.54, 1.807) is 0 Å². The highest BCUT2D eigenvalue weighted by atomic mass is 35.5. The van der Waals surface area contributed by atoms with Crippen molar-refractivity contribution in [2.45, 2.75) is 24.9 Å². The number of piperidine rings is 1. The lowest BCUT2D eigenvalue weighted by Crippen LogP contribution is -2.45. The van der Waals surface area contributed by atoms with Gasteiger partial charge >= 0.3 is 0 Å². The summed E-state index contributed by atoms with van der Waals surface area (Å²) >= 11 is 11.3. The number of benzene rings is 2. The highest BCUT2D eigenvalue weighted by molar-refractivity contribution is 7.80. The maximum atomic E-state index is 5.96. The third-order valence-electron chi connectivity index (χ3n) is 4.88. The molecule has 1 N–H and O–H groups in total. The molecule has 5 nitrogen and oxygen atoms in total. The van der Waals surface area contributed by atoms with Gasteiger partial charge in [0.05, 0.1) is 5.71 Å². The molecule has 0 amide bonds. The molecular formula is C20H20ClN3O2S. The highest BCUT2D eigenvalue weighted by Gasteiger charge is 2.43. The van der Waals surface area contributed by atoms with Crippen molar-refractivity contribution in [2.24, 2.45) is 5.16 Å². The van der Waals surface area contributed by atoms with Crippen molar-refractivity contribution >= 4 is 40.4 Å². The number of hydrogen-bond donors (Lipinski definition) is 1. The quantitative estimate of drug-likeness (QED) is 0.760. The Balaban J connectivity index is 1.28. The van der Waals surface area contributed by atoms with Gasteiger partial charge in [-0.2, -0.15) is 0 Å². The van der Waals surface area contributed by atoms with Gasteiger partial charge in [0.2, 0.25) is 0 Å². The number of rotatable bonds is 3. The van der Waals surface area contributed by atoms with Crippen LogP contribution in [0.3, 0.4) is 0 Å². The minimum absolute atomic E-state index is 0.247. The van der Waals surface area contributed by atoms with Gasteiger partial charge in [-0.15, -0.1) is 5.06 Å². The number of thiocarbonyl (C=S) groups is 1. The number of nitrogens with one attached hydrogen (secondary N) is 1. The zero-order chi connectivity index (χ0) is 18.7. The average Bonchev–Trinajstić information content (AvgIpc) is 3.09. The van der Waals surface area contributed by atoms with Crippen LogP contribution in [-0.2, 0) is 9.68 Å². The fourth-order valence-corrected chi connectivity index (χ4v) is 3.70. The maximum Gasteiger partial charge on any atom is 0.283 e. The molecule has 1 spiro atoms. The first-order chi connectivity index (χ1) is 13.1. The van der Waals surface area contributed by atoms with Crippen molar-refractivity contribution in [1.29, 1.82) is 0 Å². The van der Waals surface area contributed by atoms with Crippen molar-refractivity contribution in [3.05, 3.63) is 65.2 Å². The van der Waals surface area contributed by atoms with E-state index in [0.717, 1.165) is 54.3 Å². The summed E-state index contributed by atoms with van der Waals surface area (Å²) in [6.07, 6.45) is 2.47. The molecule has 4 rings (SSSR count). The normalized spacial score (nSPS) is 18.6. The molecule has 2 aliphatic heterocycles. The first kappa shape index (κ1) is 18.2. The topological polar surface area (TPSA) is 46.1 Å². The number of nitrogens with zero attached hydrogens (tertiary/aromatic N) is 2. The van der Waals surface area contributed by atoms with Gasteiger partial charge in [-0.1, -0.05) is 47.1 Å². The number of hydrogen-bond acceptors (Lipinski definition) is 5. The Morgan fingerprint density at radius 3 is 2.52 bits per heavy atom. The predicted molar refractivity (Wildman–Crippen MR) is 111 cm³/mol. The van der Waals surface area contributed by atoms with E-state index in [0.29, 0.717) is 5.17 Å². The zero-order valence-corrected chi connectivity index (χ0v) is 16.3. The lowest BCUT2D eigenvalue weighted by Gasteiger charge is -2.36. The summed E-state index contributed by atoms with van der Waals surface area (Å²) in [6.45, 7) is 1.47. The molecule has 140 valence electrons. The number of hydroxylamine groups is 2. The summed E-state index contributed by atoms with van der Waals surface area (Å²) in [5.74, 6) is 0.